The van der Waals surface area contributed by atoms with Gasteiger partial charge in [-0.2, -0.15) is 5.26 Å². The van der Waals surface area contributed by atoms with E-state index in [9.17, 15) is 14.0 Å². The Morgan fingerprint density at radius 2 is 2.04 bits per heavy atom. The van der Waals surface area contributed by atoms with Crippen LogP contribution < -0.4 is 0 Å². The van der Waals surface area contributed by atoms with Gasteiger partial charge < -0.3 is 4.52 Å². The molecule has 0 unspecified atom stereocenters. The Labute approximate surface area is 129 Å². The van der Waals surface area contributed by atoms with Crippen LogP contribution in [0.2, 0.25) is 0 Å². The summed E-state index contributed by atoms with van der Waals surface area (Å²) in [5, 5.41) is 20.8. The molecule has 2 heterocycles. The lowest BCUT2D eigenvalue weighted by atomic mass is 10.1. The molecule has 0 atom stereocenters. The van der Waals surface area contributed by atoms with Crippen LogP contribution >= 0.6 is 0 Å². The fourth-order valence-electron chi connectivity index (χ4n) is 2.31. The summed E-state index contributed by atoms with van der Waals surface area (Å²) < 4.78 is 33.2. The molecule has 0 radical (unpaired) electrons. The molecule has 3 aromatic rings. The van der Waals surface area contributed by atoms with E-state index >= 15 is 0 Å². The first-order valence-electron chi connectivity index (χ1n) is 6.72. The minimum Gasteiger partial charge on any atom is -0.361 e. The Morgan fingerprint density at radius 3 is 2.65 bits per heavy atom. The van der Waals surface area contributed by atoms with Gasteiger partial charge in [0.05, 0.1) is 12.2 Å². The summed E-state index contributed by atoms with van der Waals surface area (Å²) in [5.41, 5.74) is 2.14. The van der Waals surface area contributed by atoms with Crippen LogP contribution in [0.15, 0.2) is 22.7 Å². The van der Waals surface area contributed by atoms with Gasteiger partial charge in [0, 0.05) is 11.1 Å². The highest BCUT2D eigenvalue weighted by Gasteiger charge is 2.19. The lowest BCUT2D eigenvalue weighted by Crippen LogP contribution is -2.06. The zero-order valence-electron chi connectivity index (χ0n) is 12.3. The molecule has 0 aliphatic heterocycles. The third-order valence-corrected chi connectivity index (χ3v) is 3.52. The SMILES string of the molecule is Cc1noc(C)c1Cn1nnc(C#N)c1-c1ccc(F)c(F)c1. The molecule has 8 heteroatoms. The van der Waals surface area contributed by atoms with Crippen LogP contribution in [0.1, 0.15) is 22.7 Å². The lowest BCUT2D eigenvalue weighted by molar-refractivity contribution is 0.391. The smallest absolute Gasteiger partial charge is 0.190 e. The van der Waals surface area contributed by atoms with E-state index in [-0.39, 0.29) is 12.2 Å². The van der Waals surface area contributed by atoms with E-state index in [4.69, 9.17) is 4.52 Å². The second kappa shape index (κ2) is 5.61. The van der Waals surface area contributed by atoms with E-state index in [0.29, 0.717) is 22.7 Å². The summed E-state index contributed by atoms with van der Waals surface area (Å²) in [5.74, 6) is -1.35. The van der Waals surface area contributed by atoms with Crippen LogP contribution in [0.5, 0.6) is 0 Å². The quantitative estimate of drug-likeness (QED) is 0.742. The van der Waals surface area contributed by atoms with E-state index in [0.717, 1.165) is 17.7 Å². The maximum absolute atomic E-state index is 13.5. The Balaban J connectivity index is 2.11. The van der Waals surface area contributed by atoms with E-state index in [1.54, 1.807) is 13.8 Å². The van der Waals surface area contributed by atoms with Crippen LogP contribution in [-0.2, 0) is 6.54 Å². The minimum atomic E-state index is -1.00. The van der Waals surface area contributed by atoms with Gasteiger partial charge in [0.25, 0.3) is 0 Å². The molecule has 0 bridgehead atoms. The molecule has 2 aromatic heterocycles. The Hall–Kier alpha value is -3.08. The van der Waals surface area contributed by atoms with Crippen molar-refractivity contribution in [2.45, 2.75) is 20.4 Å². The zero-order chi connectivity index (χ0) is 16.6. The van der Waals surface area contributed by atoms with Gasteiger partial charge in [0.2, 0.25) is 0 Å². The van der Waals surface area contributed by atoms with Gasteiger partial charge in [-0.3, -0.25) is 0 Å². The van der Waals surface area contributed by atoms with Gasteiger partial charge in [-0.05, 0) is 32.0 Å². The molecule has 3 rings (SSSR count). The molecule has 116 valence electrons. The molecule has 0 spiro atoms. The molecular weight excluding hydrogens is 304 g/mol. The first-order valence-corrected chi connectivity index (χ1v) is 6.72. The summed E-state index contributed by atoms with van der Waals surface area (Å²) in [6.45, 7) is 3.80. The van der Waals surface area contributed by atoms with Crippen molar-refractivity contribution in [2.75, 3.05) is 0 Å². The number of benzene rings is 1. The highest BCUT2D eigenvalue weighted by atomic mass is 19.2. The van der Waals surface area contributed by atoms with Crippen molar-refractivity contribution >= 4 is 0 Å². The van der Waals surface area contributed by atoms with Crippen molar-refractivity contribution in [3.63, 3.8) is 0 Å². The molecule has 0 saturated carbocycles. The lowest BCUT2D eigenvalue weighted by Gasteiger charge is -2.07. The van der Waals surface area contributed by atoms with E-state index in [1.165, 1.54) is 10.7 Å². The van der Waals surface area contributed by atoms with Crippen molar-refractivity contribution in [3.8, 4) is 17.3 Å². The van der Waals surface area contributed by atoms with Crippen LogP contribution in [0.4, 0.5) is 8.78 Å². The number of nitriles is 1. The summed E-state index contributed by atoms with van der Waals surface area (Å²) in [7, 11) is 0. The molecule has 23 heavy (non-hydrogen) atoms. The van der Waals surface area contributed by atoms with Gasteiger partial charge in [-0.25, -0.2) is 13.5 Å². The van der Waals surface area contributed by atoms with Crippen LogP contribution in [0.3, 0.4) is 0 Å². The standard InChI is InChI=1S/C15H11F2N5O/c1-8-11(9(2)23-20-8)7-22-15(14(6-18)19-21-22)10-3-4-12(16)13(17)5-10/h3-5H,7H2,1-2H3. The van der Waals surface area contributed by atoms with Crippen LogP contribution in [-0.4, -0.2) is 20.2 Å². The van der Waals surface area contributed by atoms with Crippen molar-refractivity contribution in [3.05, 3.63) is 52.5 Å². The highest BCUT2D eigenvalue weighted by molar-refractivity contribution is 5.65. The summed E-state index contributed by atoms with van der Waals surface area (Å²) in [4.78, 5) is 0. The van der Waals surface area contributed by atoms with Gasteiger partial charge in [-0.15, -0.1) is 5.10 Å². The second-order valence-electron chi connectivity index (χ2n) is 4.99. The first kappa shape index (κ1) is 14.8. The molecule has 0 aliphatic carbocycles. The van der Waals surface area contributed by atoms with E-state index in [1.807, 2.05) is 6.07 Å². The molecule has 0 fully saturated rings. The molecule has 0 saturated heterocycles. The summed E-state index contributed by atoms with van der Waals surface area (Å²) >= 11 is 0. The number of aryl methyl sites for hydroxylation is 2. The molecular formula is C15H11F2N5O. The third-order valence-electron chi connectivity index (χ3n) is 3.52. The van der Waals surface area contributed by atoms with Crippen LogP contribution in [0, 0.1) is 36.8 Å². The Morgan fingerprint density at radius 1 is 1.26 bits per heavy atom. The first-order chi connectivity index (χ1) is 11.0. The fraction of sp³-hybridized carbons (Fsp3) is 0.200. The number of hydrogen-bond donors (Lipinski definition) is 0. The summed E-state index contributed by atoms with van der Waals surface area (Å²) in [6.07, 6.45) is 0. The monoisotopic (exact) mass is 315 g/mol. The topological polar surface area (TPSA) is 80.5 Å². The van der Waals surface area contributed by atoms with Crippen molar-refractivity contribution < 1.29 is 13.3 Å². The number of rotatable bonds is 3. The van der Waals surface area contributed by atoms with Gasteiger partial charge in [-0.1, -0.05) is 10.4 Å². The van der Waals surface area contributed by atoms with Crippen LogP contribution in [0.25, 0.3) is 11.3 Å². The highest BCUT2D eigenvalue weighted by Crippen LogP contribution is 2.25. The maximum atomic E-state index is 13.5. The molecule has 0 amide bonds. The average Bonchev–Trinajstić information content (AvgIpc) is 3.08. The number of aromatic nitrogens is 4. The molecule has 1 aromatic carbocycles. The predicted octanol–water partition coefficient (Wildman–Crippen LogP) is 2.75. The molecule has 0 aliphatic rings. The number of halogens is 2. The maximum Gasteiger partial charge on any atom is 0.190 e. The van der Waals surface area contributed by atoms with Crippen molar-refractivity contribution in [1.82, 2.24) is 20.2 Å². The zero-order valence-corrected chi connectivity index (χ0v) is 12.3. The number of nitrogens with zero attached hydrogens (tertiary/aromatic N) is 5. The van der Waals surface area contributed by atoms with Crippen molar-refractivity contribution in [2.24, 2.45) is 0 Å². The number of hydrogen-bond acceptors (Lipinski definition) is 5. The van der Waals surface area contributed by atoms with E-state index < -0.39 is 11.6 Å². The minimum absolute atomic E-state index is 0.0303. The van der Waals surface area contributed by atoms with Gasteiger partial charge >= 0.3 is 0 Å². The third kappa shape index (κ3) is 2.57. The fourth-order valence-corrected chi connectivity index (χ4v) is 2.31. The van der Waals surface area contributed by atoms with Crippen molar-refractivity contribution in [1.29, 1.82) is 5.26 Å². The second-order valence-corrected chi connectivity index (χ2v) is 4.99. The van der Waals surface area contributed by atoms with E-state index in [2.05, 4.69) is 15.5 Å². The normalized spacial score (nSPS) is 10.7. The Kier molecular flexibility index (Phi) is 3.62. The predicted molar refractivity (Wildman–Crippen MR) is 75.2 cm³/mol. The molecule has 6 nitrogen and oxygen atoms in total. The summed E-state index contributed by atoms with van der Waals surface area (Å²) in [6, 6.07) is 5.30. The molecule has 0 N–H and O–H groups in total. The average molecular weight is 315 g/mol. The van der Waals surface area contributed by atoms with Gasteiger partial charge in [0.15, 0.2) is 17.3 Å². The Bertz CT molecular complexity index is 903. The largest absolute Gasteiger partial charge is 0.361 e. The van der Waals surface area contributed by atoms with Gasteiger partial charge in [0.1, 0.15) is 17.5 Å².